The molecule has 102 valence electrons. The highest BCUT2D eigenvalue weighted by Gasteiger charge is 2.30. The van der Waals surface area contributed by atoms with Gasteiger partial charge in [0.2, 0.25) is 10.0 Å². The molecule has 0 aliphatic rings. The zero-order valence-corrected chi connectivity index (χ0v) is 11.2. The number of carboxylic acid groups (broad SMARTS) is 1. The summed E-state index contributed by atoms with van der Waals surface area (Å²) < 4.78 is 26.5. The zero-order chi connectivity index (χ0) is 14.7. The van der Waals surface area contributed by atoms with Crippen LogP contribution in [0, 0.1) is 11.3 Å². The van der Waals surface area contributed by atoms with Crippen LogP contribution in [0.25, 0.3) is 0 Å². The lowest BCUT2D eigenvalue weighted by Crippen LogP contribution is -2.45. The highest BCUT2D eigenvalue weighted by Crippen LogP contribution is 2.17. The Hall–Kier alpha value is -1.98. The Morgan fingerprint density at radius 3 is 2.74 bits per heavy atom. The largest absolute Gasteiger partial charge is 0.481 e. The summed E-state index contributed by atoms with van der Waals surface area (Å²) in [5, 5.41) is 17.5. The second-order valence-corrected chi connectivity index (χ2v) is 6.17. The maximum absolute atomic E-state index is 12.1. The Balaban J connectivity index is 3.13. The van der Waals surface area contributed by atoms with Crippen molar-refractivity contribution in [2.45, 2.75) is 30.7 Å². The van der Waals surface area contributed by atoms with Gasteiger partial charge in [0.05, 0.1) is 6.42 Å². The molecule has 19 heavy (non-hydrogen) atoms. The van der Waals surface area contributed by atoms with E-state index in [2.05, 4.69) is 9.71 Å². The fourth-order valence-corrected chi connectivity index (χ4v) is 3.04. The minimum atomic E-state index is -4.00. The van der Waals surface area contributed by atoms with Gasteiger partial charge in [-0.05, 0) is 26.0 Å². The minimum absolute atomic E-state index is 0.235. The van der Waals surface area contributed by atoms with Gasteiger partial charge in [-0.1, -0.05) is 0 Å². The normalized spacial score (nSPS) is 11.8. The maximum atomic E-state index is 12.1. The highest BCUT2D eigenvalue weighted by molar-refractivity contribution is 7.89. The molecule has 0 unspecified atom stereocenters. The molecule has 1 aromatic rings. The average molecular weight is 283 g/mol. The molecule has 0 spiro atoms. The highest BCUT2D eigenvalue weighted by atomic mass is 32.2. The maximum Gasteiger partial charge on any atom is 0.305 e. The standard InChI is InChI=1S/C11H13N3O4S/c1-11(2,6-10(15)16)14-19(17,18)9-4-3-5-13-8(9)7-12/h3-5,14H,6H2,1-2H3,(H,15,16). The van der Waals surface area contributed by atoms with Gasteiger partial charge in [-0.3, -0.25) is 4.79 Å². The smallest absolute Gasteiger partial charge is 0.305 e. The Kier molecular flexibility index (Phi) is 4.24. The third-order valence-corrected chi connectivity index (χ3v) is 3.90. The van der Waals surface area contributed by atoms with Crippen LogP contribution in [0.1, 0.15) is 26.0 Å². The van der Waals surface area contributed by atoms with Gasteiger partial charge in [-0.2, -0.15) is 5.26 Å². The zero-order valence-electron chi connectivity index (χ0n) is 10.4. The van der Waals surface area contributed by atoms with Gasteiger partial charge in [0.25, 0.3) is 0 Å². The SMILES string of the molecule is CC(C)(CC(=O)O)NS(=O)(=O)c1cccnc1C#N. The van der Waals surface area contributed by atoms with Gasteiger partial charge in [0, 0.05) is 11.7 Å². The van der Waals surface area contributed by atoms with Crippen LogP contribution in [0.15, 0.2) is 23.2 Å². The van der Waals surface area contributed by atoms with Crippen molar-refractivity contribution in [2.24, 2.45) is 0 Å². The number of hydrogen-bond acceptors (Lipinski definition) is 5. The van der Waals surface area contributed by atoms with Crippen molar-refractivity contribution < 1.29 is 18.3 Å². The third kappa shape index (κ3) is 4.01. The van der Waals surface area contributed by atoms with E-state index in [0.29, 0.717) is 0 Å². The topological polar surface area (TPSA) is 120 Å². The van der Waals surface area contributed by atoms with Crippen molar-refractivity contribution in [3.8, 4) is 6.07 Å². The molecule has 0 atom stereocenters. The average Bonchev–Trinajstić information content (AvgIpc) is 2.25. The van der Waals surface area contributed by atoms with E-state index < -0.39 is 21.5 Å². The van der Waals surface area contributed by atoms with E-state index in [1.807, 2.05) is 0 Å². The molecule has 0 bridgehead atoms. The number of rotatable bonds is 5. The molecule has 0 amide bonds. The summed E-state index contributed by atoms with van der Waals surface area (Å²) in [4.78, 5) is 14.1. The van der Waals surface area contributed by atoms with E-state index in [1.165, 1.54) is 32.2 Å². The third-order valence-electron chi connectivity index (χ3n) is 2.17. The van der Waals surface area contributed by atoms with E-state index >= 15 is 0 Å². The first kappa shape index (κ1) is 15.1. The first-order valence-corrected chi connectivity index (χ1v) is 6.77. The van der Waals surface area contributed by atoms with Crippen molar-refractivity contribution in [1.29, 1.82) is 5.26 Å². The summed E-state index contributed by atoms with van der Waals surface area (Å²) in [6, 6.07) is 4.31. The molecule has 1 aromatic heterocycles. The molecule has 7 nitrogen and oxygen atoms in total. The molecule has 1 heterocycles. The second-order valence-electron chi connectivity index (χ2n) is 4.52. The summed E-state index contributed by atoms with van der Waals surface area (Å²) in [5.74, 6) is -1.13. The van der Waals surface area contributed by atoms with E-state index in [0.717, 1.165) is 0 Å². The molecule has 0 aliphatic heterocycles. The van der Waals surface area contributed by atoms with Gasteiger partial charge >= 0.3 is 5.97 Å². The number of sulfonamides is 1. The van der Waals surface area contributed by atoms with Crippen LogP contribution in [0.3, 0.4) is 0 Å². The predicted molar refractivity (Wildman–Crippen MR) is 65.6 cm³/mol. The second kappa shape index (κ2) is 5.34. The van der Waals surface area contributed by atoms with Crippen LogP contribution >= 0.6 is 0 Å². The van der Waals surface area contributed by atoms with Crippen molar-refractivity contribution in [2.75, 3.05) is 0 Å². The van der Waals surface area contributed by atoms with E-state index in [9.17, 15) is 13.2 Å². The molecular weight excluding hydrogens is 270 g/mol. The summed E-state index contributed by atoms with van der Waals surface area (Å²) >= 11 is 0. The minimum Gasteiger partial charge on any atom is -0.481 e. The first-order valence-electron chi connectivity index (χ1n) is 5.29. The van der Waals surface area contributed by atoms with Gasteiger partial charge in [0.1, 0.15) is 11.0 Å². The Bertz CT molecular complexity index is 632. The molecule has 8 heteroatoms. The molecule has 0 radical (unpaired) electrons. The van der Waals surface area contributed by atoms with Gasteiger partial charge in [0.15, 0.2) is 5.69 Å². The van der Waals surface area contributed by atoms with Gasteiger partial charge in [-0.15, -0.1) is 0 Å². The fourth-order valence-electron chi connectivity index (χ4n) is 1.52. The van der Waals surface area contributed by atoms with Crippen LogP contribution in [0.2, 0.25) is 0 Å². The Morgan fingerprint density at radius 2 is 2.21 bits per heavy atom. The van der Waals surface area contributed by atoms with Crippen LogP contribution in [-0.2, 0) is 14.8 Å². The van der Waals surface area contributed by atoms with Crippen molar-refractivity contribution in [3.05, 3.63) is 24.0 Å². The lowest BCUT2D eigenvalue weighted by molar-refractivity contribution is -0.138. The molecule has 0 aromatic carbocycles. The molecule has 0 fully saturated rings. The number of aliphatic carboxylic acids is 1. The number of nitriles is 1. The van der Waals surface area contributed by atoms with Crippen LogP contribution in [0.4, 0.5) is 0 Å². The quantitative estimate of drug-likeness (QED) is 0.811. The van der Waals surface area contributed by atoms with Crippen molar-refractivity contribution >= 4 is 16.0 Å². The Morgan fingerprint density at radius 1 is 1.58 bits per heavy atom. The molecule has 2 N–H and O–H groups in total. The predicted octanol–water partition coefficient (Wildman–Crippen LogP) is 0.485. The summed E-state index contributed by atoms with van der Waals surface area (Å²) in [6.07, 6.45) is 0.925. The molecule has 0 aliphatic carbocycles. The fraction of sp³-hybridized carbons (Fsp3) is 0.364. The van der Waals surface area contributed by atoms with Gasteiger partial charge in [-0.25, -0.2) is 18.1 Å². The monoisotopic (exact) mass is 283 g/mol. The summed E-state index contributed by atoms with van der Waals surface area (Å²) in [6.45, 7) is 2.89. The van der Waals surface area contributed by atoms with Crippen LogP contribution in [-0.4, -0.2) is 30.0 Å². The van der Waals surface area contributed by atoms with E-state index in [4.69, 9.17) is 10.4 Å². The summed E-state index contributed by atoms with van der Waals surface area (Å²) in [5.41, 5.74) is -1.41. The number of pyridine rings is 1. The number of nitrogens with zero attached hydrogens (tertiary/aromatic N) is 2. The Labute approximate surface area is 110 Å². The molecular formula is C11H13N3O4S. The van der Waals surface area contributed by atoms with Gasteiger partial charge < -0.3 is 5.11 Å². The van der Waals surface area contributed by atoms with Crippen molar-refractivity contribution in [3.63, 3.8) is 0 Å². The van der Waals surface area contributed by atoms with Crippen LogP contribution < -0.4 is 4.72 Å². The van der Waals surface area contributed by atoms with E-state index in [-0.39, 0.29) is 17.0 Å². The van der Waals surface area contributed by atoms with Crippen molar-refractivity contribution in [1.82, 2.24) is 9.71 Å². The first-order chi connectivity index (χ1) is 8.68. The molecule has 0 saturated heterocycles. The molecule has 1 rings (SSSR count). The van der Waals surface area contributed by atoms with Crippen LogP contribution in [0.5, 0.6) is 0 Å². The number of carbonyl (C=O) groups is 1. The number of aromatic nitrogens is 1. The molecule has 0 saturated carbocycles. The lowest BCUT2D eigenvalue weighted by atomic mass is 10.0. The summed E-state index contributed by atoms with van der Waals surface area (Å²) in [7, 11) is -4.00. The number of nitrogens with one attached hydrogen (secondary N) is 1. The number of carboxylic acids is 1. The lowest BCUT2D eigenvalue weighted by Gasteiger charge is -2.23. The number of hydrogen-bond donors (Lipinski definition) is 2. The van der Waals surface area contributed by atoms with E-state index in [1.54, 1.807) is 6.07 Å².